The van der Waals surface area contributed by atoms with E-state index in [1.165, 1.54) is 25.3 Å². The molecule has 0 aliphatic rings. The van der Waals surface area contributed by atoms with E-state index in [0.717, 1.165) is 0 Å². The van der Waals surface area contributed by atoms with E-state index in [2.05, 4.69) is 5.32 Å². The van der Waals surface area contributed by atoms with Crippen LogP contribution in [0.5, 0.6) is 5.75 Å². The van der Waals surface area contributed by atoms with Crippen LogP contribution in [0.15, 0.2) is 23.1 Å². The van der Waals surface area contributed by atoms with Crippen LogP contribution in [0.1, 0.15) is 24.2 Å². The van der Waals surface area contributed by atoms with Crippen molar-refractivity contribution < 1.29 is 22.7 Å². The van der Waals surface area contributed by atoms with E-state index < -0.39 is 15.0 Å². The Hall–Kier alpha value is -1.31. The topological polar surface area (TPSA) is 81.7 Å². The van der Waals surface area contributed by atoms with Crippen molar-refractivity contribution in [2.45, 2.75) is 24.8 Å². The fourth-order valence-electron chi connectivity index (χ4n) is 1.65. The maximum atomic E-state index is 12.1. The molecular formula is C13H18ClNO5S. The number of hydrogen-bond acceptors (Lipinski definition) is 5. The van der Waals surface area contributed by atoms with Crippen LogP contribution in [-0.2, 0) is 13.8 Å². The molecule has 1 aromatic rings. The molecule has 1 rings (SSSR count). The SMILES string of the molecule is CCOCC(C)NC(=O)c1ccc(OC)c(S(=O)(=O)Cl)c1. The highest BCUT2D eigenvalue weighted by Crippen LogP contribution is 2.27. The average Bonchev–Trinajstić information content (AvgIpc) is 2.43. The third-order valence-electron chi connectivity index (χ3n) is 2.64. The molecule has 1 atom stereocenters. The molecular weight excluding hydrogens is 318 g/mol. The largest absolute Gasteiger partial charge is 0.495 e. The number of halogens is 1. The highest BCUT2D eigenvalue weighted by Gasteiger charge is 2.20. The van der Waals surface area contributed by atoms with Gasteiger partial charge in [-0.1, -0.05) is 0 Å². The van der Waals surface area contributed by atoms with Gasteiger partial charge in [-0.3, -0.25) is 4.79 Å². The smallest absolute Gasteiger partial charge is 0.265 e. The Morgan fingerprint density at radius 2 is 2.10 bits per heavy atom. The van der Waals surface area contributed by atoms with Crippen LogP contribution in [0.25, 0.3) is 0 Å². The van der Waals surface area contributed by atoms with Crippen molar-refractivity contribution in [3.05, 3.63) is 23.8 Å². The lowest BCUT2D eigenvalue weighted by Crippen LogP contribution is -2.35. The molecule has 0 fully saturated rings. The zero-order valence-electron chi connectivity index (χ0n) is 12.1. The van der Waals surface area contributed by atoms with E-state index in [9.17, 15) is 13.2 Å². The number of nitrogens with one attached hydrogen (secondary N) is 1. The van der Waals surface area contributed by atoms with Gasteiger partial charge >= 0.3 is 0 Å². The molecule has 0 spiro atoms. The fourth-order valence-corrected chi connectivity index (χ4v) is 2.67. The molecule has 8 heteroatoms. The minimum Gasteiger partial charge on any atom is -0.495 e. The van der Waals surface area contributed by atoms with Crippen molar-refractivity contribution >= 4 is 25.6 Å². The first-order valence-electron chi connectivity index (χ1n) is 6.31. The van der Waals surface area contributed by atoms with Crippen LogP contribution in [0.2, 0.25) is 0 Å². The standard InChI is InChI=1S/C13H18ClNO5S/c1-4-20-8-9(2)15-13(16)10-5-6-11(19-3)12(7-10)21(14,17)18/h5-7,9H,4,8H2,1-3H3,(H,15,16). The lowest BCUT2D eigenvalue weighted by Gasteiger charge is -2.14. The number of methoxy groups -OCH3 is 1. The lowest BCUT2D eigenvalue weighted by molar-refractivity contribution is 0.0871. The van der Waals surface area contributed by atoms with Crippen LogP contribution in [-0.4, -0.2) is 40.7 Å². The molecule has 1 aromatic carbocycles. The summed E-state index contributed by atoms with van der Waals surface area (Å²) in [6, 6.07) is 3.84. The monoisotopic (exact) mass is 335 g/mol. The quantitative estimate of drug-likeness (QED) is 0.768. The van der Waals surface area contributed by atoms with Crippen molar-refractivity contribution in [2.75, 3.05) is 20.3 Å². The van der Waals surface area contributed by atoms with Crippen molar-refractivity contribution in [1.82, 2.24) is 5.32 Å². The molecule has 0 saturated heterocycles. The first-order chi connectivity index (χ1) is 9.79. The summed E-state index contributed by atoms with van der Waals surface area (Å²) in [5.74, 6) is -0.324. The highest BCUT2D eigenvalue weighted by molar-refractivity contribution is 8.13. The van der Waals surface area contributed by atoms with E-state index in [1.54, 1.807) is 6.92 Å². The van der Waals surface area contributed by atoms with E-state index in [4.69, 9.17) is 20.2 Å². The van der Waals surface area contributed by atoms with Crippen molar-refractivity contribution in [3.8, 4) is 5.75 Å². The number of benzene rings is 1. The molecule has 1 N–H and O–H groups in total. The van der Waals surface area contributed by atoms with Gasteiger partial charge < -0.3 is 14.8 Å². The number of hydrogen-bond donors (Lipinski definition) is 1. The van der Waals surface area contributed by atoms with Crippen molar-refractivity contribution in [1.29, 1.82) is 0 Å². The van der Waals surface area contributed by atoms with E-state index >= 15 is 0 Å². The van der Waals surface area contributed by atoms with Crippen LogP contribution >= 0.6 is 10.7 Å². The molecule has 0 aromatic heterocycles. The molecule has 0 saturated carbocycles. The van der Waals surface area contributed by atoms with Gasteiger partial charge in [0.15, 0.2) is 0 Å². The zero-order valence-corrected chi connectivity index (χ0v) is 13.6. The second kappa shape index (κ2) is 7.63. The maximum absolute atomic E-state index is 12.1. The summed E-state index contributed by atoms with van der Waals surface area (Å²) in [7, 11) is 2.66. The third kappa shape index (κ3) is 5.18. The summed E-state index contributed by atoms with van der Waals surface area (Å²) in [5.41, 5.74) is 0.179. The average molecular weight is 336 g/mol. The third-order valence-corrected chi connectivity index (χ3v) is 3.98. The van der Waals surface area contributed by atoms with Crippen LogP contribution in [0.3, 0.4) is 0 Å². The molecule has 21 heavy (non-hydrogen) atoms. The predicted octanol–water partition coefficient (Wildman–Crippen LogP) is 1.78. The minimum absolute atomic E-state index is 0.0870. The first kappa shape index (κ1) is 17.7. The highest BCUT2D eigenvalue weighted by atomic mass is 35.7. The van der Waals surface area contributed by atoms with Gasteiger partial charge in [0.05, 0.1) is 13.7 Å². The number of amides is 1. The molecule has 0 heterocycles. The molecule has 6 nitrogen and oxygen atoms in total. The normalized spacial score (nSPS) is 12.8. The summed E-state index contributed by atoms with van der Waals surface area (Å²) in [6.07, 6.45) is 0. The zero-order chi connectivity index (χ0) is 16.0. The van der Waals surface area contributed by atoms with E-state index in [0.29, 0.717) is 13.2 Å². The van der Waals surface area contributed by atoms with Crippen LogP contribution in [0, 0.1) is 0 Å². The minimum atomic E-state index is -4.00. The molecule has 0 radical (unpaired) electrons. The summed E-state index contributed by atoms with van der Waals surface area (Å²) >= 11 is 0. The summed E-state index contributed by atoms with van der Waals surface area (Å²) < 4.78 is 33.1. The van der Waals surface area contributed by atoms with Crippen LogP contribution in [0.4, 0.5) is 0 Å². The number of ether oxygens (including phenoxy) is 2. The van der Waals surface area contributed by atoms with E-state index in [1.807, 2.05) is 6.92 Å². The van der Waals surface area contributed by atoms with E-state index in [-0.39, 0.29) is 22.3 Å². The van der Waals surface area contributed by atoms with Crippen LogP contribution < -0.4 is 10.1 Å². The summed E-state index contributed by atoms with van der Waals surface area (Å²) in [6.45, 7) is 4.57. The van der Waals surface area contributed by atoms with Gasteiger partial charge in [0.2, 0.25) is 0 Å². The van der Waals surface area contributed by atoms with Gasteiger partial charge in [0.1, 0.15) is 10.6 Å². The van der Waals surface area contributed by atoms with Gasteiger partial charge in [0.25, 0.3) is 15.0 Å². The van der Waals surface area contributed by atoms with Gasteiger partial charge in [-0.2, -0.15) is 0 Å². The Morgan fingerprint density at radius 3 is 2.62 bits per heavy atom. The Bertz CT molecular complexity index is 603. The Morgan fingerprint density at radius 1 is 1.43 bits per heavy atom. The summed E-state index contributed by atoms with van der Waals surface area (Å²) in [4.78, 5) is 11.8. The second-order valence-corrected chi connectivity index (χ2v) is 6.87. The molecule has 0 bridgehead atoms. The number of rotatable bonds is 7. The van der Waals surface area contributed by atoms with Gasteiger partial charge in [-0.15, -0.1) is 0 Å². The van der Waals surface area contributed by atoms with Gasteiger partial charge in [0, 0.05) is 28.9 Å². The van der Waals surface area contributed by atoms with Gasteiger partial charge in [-0.25, -0.2) is 8.42 Å². The number of carbonyl (C=O) groups is 1. The molecule has 1 unspecified atom stereocenters. The maximum Gasteiger partial charge on any atom is 0.265 e. The first-order valence-corrected chi connectivity index (χ1v) is 8.61. The second-order valence-electron chi connectivity index (χ2n) is 4.34. The van der Waals surface area contributed by atoms with Crippen molar-refractivity contribution in [3.63, 3.8) is 0 Å². The molecule has 0 aliphatic heterocycles. The van der Waals surface area contributed by atoms with Crippen molar-refractivity contribution in [2.24, 2.45) is 0 Å². The number of carbonyl (C=O) groups excluding carboxylic acids is 1. The van der Waals surface area contributed by atoms with Gasteiger partial charge in [-0.05, 0) is 32.0 Å². The Labute approximate surface area is 128 Å². The summed E-state index contributed by atoms with van der Waals surface area (Å²) in [5, 5.41) is 2.70. The molecule has 118 valence electrons. The Kier molecular flexibility index (Phi) is 6.44. The predicted molar refractivity (Wildman–Crippen MR) is 79.5 cm³/mol. The lowest BCUT2D eigenvalue weighted by atomic mass is 10.2. The molecule has 0 aliphatic carbocycles. The fraction of sp³-hybridized carbons (Fsp3) is 0.462. The molecule has 1 amide bonds. The Balaban J connectivity index is 2.96.